The van der Waals surface area contributed by atoms with Crippen molar-refractivity contribution in [3.05, 3.63) is 56.7 Å². The van der Waals surface area contributed by atoms with Crippen LogP contribution in [-0.4, -0.2) is 32.1 Å². The van der Waals surface area contributed by atoms with Crippen molar-refractivity contribution in [3.63, 3.8) is 0 Å². The van der Waals surface area contributed by atoms with Crippen LogP contribution in [-0.2, 0) is 0 Å². The number of hydrogen-bond donors (Lipinski definition) is 3. The van der Waals surface area contributed by atoms with Crippen LogP contribution < -0.4 is 16.6 Å². The number of carboxylic acid groups (broad SMARTS) is 1. The Hall–Kier alpha value is -3.03. The summed E-state index contributed by atoms with van der Waals surface area (Å²) in [6.45, 7) is 1.98. The molecule has 0 spiro atoms. The molecule has 0 saturated carbocycles. The highest BCUT2D eigenvalue weighted by Crippen LogP contribution is 2.15. The van der Waals surface area contributed by atoms with E-state index in [0.717, 1.165) is 4.57 Å². The van der Waals surface area contributed by atoms with Crippen LogP contribution >= 0.6 is 0 Å². The number of hydrogen-bond acceptors (Lipinski definition) is 5. The summed E-state index contributed by atoms with van der Waals surface area (Å²) in [6.07, 6.45) is 0. The average Bonchev–Trinajstić information content (AvgIpc) is 2.46. The van der Waals surface area contributed by atoms with Gasteiger partial charge in [0.25, 0.3) is 0 Å². The summed E-state index contributed by atoms with van der Waals surface area (Å²) in [5, 5.41) is 21.4. The predicted molar refractivity (Wildman–Crippen MR) is 74.6 cm³/mol. The van der Waals surface area contributed by atoms with Crippen LogP contribution in [0.3, 0.4) is 0 Å². The zero-order valence-corrected chi connectivity index (χ0v) is 11.1. The maximum absolute atomic E-state index is 12.1. The first-order chi connectivity index (χ1) is 9.99. The van der Waals surface area contributed by atoms with E-state index >= 15 is 0 Å². The molecule has 0 amide bonds. The molecule has 8 nitrogen and oxygen atoms in total. The molecule has 2 aromatic rings. The van der Waals surface area contributed by atoms with Gasteiger partial charge in [-0.05, 0) is 19.1 Å². The van der Waals surface area contributed by atoms with Crippen LogP contribution in [0.1, 0.15) is 17.3 Å². The van der Waals surface area contributed by atoms with E-state index in [4.69, 9.17) is 0 Å². The van der Waals surface area contributed by atoms with E-state index in [1.165, 1.54) is 0 Å². The number of para-hydroxylation sites is 1. The zero-order chi connectivity index (χ0) is 15.6. The molecule has 0 aliphatic heterocycles. The van der Waals surface area contributed by atoms with Crippen LogP contribution in [0.4, 0.5) is 5.82 Å². The molecule has 0 saturated heterocycles. The van der Waals surface area contributed by atoms with Crippen molar-refractivity contribution in [2.24, 2.45) is 0 Å². The lowest BCUT2D eigenvalue weighted by atomic mass is 10.2. The highest BCUT2D eigenvalue weighted by Gasteiger charge is 2.24. The van der Waals surface area contributed by atoms with E-state index in [0.29, 0.717) is 12.2 Å². The molecule has 0 fully saturated rings. The Labute approximate surface area is 118 Å². The summed E-state index contributed by atoms with van der Waals surface area (Å²) in [5.41, 5.74) is -2.71. The second-order valence-corrected chi connectivity index (χ2v) is 4.13. The van der Waals surface area contributed by atoms with Gasteiger partial charge in [-0.1, -0.05) is 22.9 Å². The quantitative estimate of drug-likeness (QED) is 0.701. The first-order valence-corrected chi connectivity index (χ1v) is 6.13. The molecule has 21 heavy (non-hydrogen) atoms. The van der Waals surface area contributed by atoms with Crippen LogP contribution in [0.25, 0.3) is 5.69 Å². The van der Waals surface area contributed by atoms with Crippen molar-refractivity contribution in [3.8, 4) is 5.69 Å². The second kappa shape index (κ2) is 5.53. The Morgan fingerprint density at radius 2 is 1.86 bits per heavy atom. The normalized spacial score (nSPS) is 10.3. The maximum atomic E-state index is 12.1. The fourth-order valence-electron chi connectivity index (χ4n) is 1.94. The molecule has 0 radical (unpaired) electrons. The van der Waals surface area contributed by atoms with Gasteiger partial charge in [0, 0.05) is 6.54 Å². The van der Waals surface area contributed by atoms with E-state index in [9.17, 15) is 24.7 Å². The van der Waals surface area contributed by atoms with Gasteiger partial charge in [-0.15, -0.1) is 0 Å². The summed E-state index contributed by atoms with van der Waals surface area (Å²) in [5.74, 6) is -1.71. The largest absolute Gasteiger partial charge is 0.477 e. The lowest BCUT2D eigenvalue weighted by Crippen LogP contribution is -2.42. The summed E-state index contributed by atoms with van der Waals surface area (Å²) >= 11 is 0. The van der Waals surface area contributed by atoms with Crippen LogP contribution in [0.15, 0.2) is 39.9 Å². The molecule has 3 N–H and O–H groups in total. The third-order valence-electron chi connectivity index (χ3n) is 2.81. The highest BCUT2D eigenvalue weighted by atomic mass is 16.5. The molecule has 1 aromatic carbocycles. The molecular formula is C13H13N3O5. The number of aromatic nitrogens is 2. The number of nitrogens with zero attached hydrogens (tertiary/aromatic N) is 2. The van der Waals surface area contributed by atoms with E-state index < -0.39 is 22.8 Å². The number of carbonyl (C=O) groups is 1. The van der Waals surface area contributed by atoms with Gasteiger partial charge in [0.2, 0.25) is 0 Å². The summed E-state index contributed by atoms with van der Waals surface area (Å²) in [6, 6.07) is 8.11. The smallest absolute Gasteiger partial charge is 0.370 e. The van der Waals surface area contributed by atoms with Crippen LogP contribution in [0.2, 0.25) is 0 Å². The first kappa shape index (κ1) is 14.4. The van der Waals surface area contributed by atoms with E-state index in [1.807, 2.05) is 0 Å². The Kier molecular flexibility index (Phi) is 3.79. The first-order valence-electron chi connectivity index (χ1n) is 6.13. The second-order valence-electron chi connectivity index (χ2n) is 4.13. The third kappa shape index (κ3) is 2.38. The van der Waals surface area contributed by atoms with E-state index in [2.05, 4.69) is 5.32 Å². The Bertz CT molecular complexity index is 792. The average molecular weight is 291 g/mol. The fourth-order valence-corrected chi connectivity index (χ4v) is 1.94. The van der Waals surface area contributed by atoms with Gasteiger partial charge in [0.05, 0.1) is 5.69 Å². The number of aromatic carboxylic acids is 1. The molecule has 0 atom stereocenters. The van der Waals surface area contributed by atoms with Gasteiger partial charge in [-0.25, -0.2) is 14.2 Å². The Balaban J connectivity index is 2.96. The minimum Gasteiger partial charge on any atom is -0.477 e. The fraction of sp³-hybridized carbons (Fsp3) is 0.154. The summed E-state index contributed by atoms with van der Waals surface area (Å²) in [4.78, 5) is 35.2. The van der Waals surface area contributed by atoms with Crippen molar-refractivity contribution >= 4 is 11.8 Å². The van der Waals surface area contributed by atoms with E-state index in [-0.39, 0.29) is 10.5 Å². The van der Waals surface area contributed by atoms with Gasteiger partial charge < -0.3 is 15.6 Å². The molecule has 2 rings (SSSR count). The number of rotatable bonds is 4. The van der Waals surface area contributed by atoms with Crippen molar-refractivity contribution in [2.75, 3.05) is 11.9 Å². The highest BCUT2D eigenvalue weighted by molar-refractivity contribution is 5.93. The lowest BCUT2D eigenvalue weighted by Gasteiger charge is -2.16. The maximum Gasteiger partial charge on any atom is 0.370 e. The zero-order valence-electron chi connectivity index (χ0n) is 11.1. The number of anilines is 1. The number of benzene rings is 1. The monoisotopic (exact) mass is 291 g/mol. The Morgan fingerprint density at radius 1 is 1.24 bits per heavy atom. The van der Waals surface area contributed by atoms with Gasteiger partial charge in [0.15, 0.2) is 5.56 Å². The predicted octanol–water partition coefficient (Wildman–Crippen LogP) is 0.366. The van der Waals surface area contributed by atoms with Gasteiger partial charge in [0.1, 0.15) is 5.82 Å². The molecular weight excluding hydrogens is 278 g/mol. The summed E-state index contributed by atoms with van der Waals surface area (Å²) in [7, 11) is 0. The molecule has 0 bridgehead atoms. The van der Waals surface area contributed by atoms with Crippen LogP contribution in [0, 0.1) is 0 Å². The minimum atomic E-state index is -1.54. The summed E-state index contributed by atoms with van der Waals surface area (Å²) < 4.78 is 0.728. The van der Waals surface area contributed by atoms with Crippen molar-refractivity contribution in [2.45, 2.75) is 6.92 Å². The molecule has 1 heterocycles. The third-order valence-corrected chi connectivity index (χ3v) is 2.81. The molecule has 1 aromatic heterocycles. The Morgan fingerprint density at radius 3 is 2.38 bits per heavy atom. The van der Waals surface area contributed by atoms with Crippen molar-refractivity contribution < 1.29 is 15.1 Å². The topological polar surface area (TPSA) is 114 Å². The van der Waals surface area contributed by atoms with E-state index in [1.54, 1.807) is 37.3 Å². The minimum absolute atomic E-state index is 0.170. The molecule has 0 aliphatic carbocycles. The standard InChI is InChI=1S/C13H13N3O5/c1-2-14-10-9(12(18)19)11(17)16(21)13(20)15(10)8-6-4-3-5-7-8/h3-7,14,21H,2H2,1H3,(H,18,19). The number of carboxylic acids is 1. The molecule has 8 heteroatoms. The molecule has 0 unspecified atom stereocenters. The SMILES string of the molecule is CCNc1c(C(=O)O)c(=O)n(O)c(=O)n1-c1ccccc1. The van der Waals surface area contributed by atoms with Gasteiger partial charge in [-0.3, -0.25) is 4.79 Å². The van der Waals surface area contributed by atoms with Gasteiger partial charge in [-0.2, -0.15) is 0 Å². The number of nitrogens with one attached hydrogen (secondary N) is 1. The van der Waals surface area contributed by atoms with Crippen molar-refractivity contribution in [1.82, 2.24) is 9.30 Å². The van der Waals surface area contributed by atoms with Crippen LogP contribution in [0.5, 0.6) is 0 Å². The molecule has 110 valence electrons. The molecule has 0 aliphatic rings. The van der Waals surface area contributed by atoms with Crippen molar-refractivity contribution in [1.29, 1.82) is 0 Å². The van der Waals surface area contributed by atoms with Gasteiger partial charge >= 0.3 is 17.2 Å². The lowest BCUT2D eigenvalue weighted by molar-refractivity contribution is 0.0685.